The number of hydrogen-bond donors (Lipinski definition) is 1. The van der Waals surface area contributed by atoms with Gasteiger partial charge in [0.2, 0.25) is 5.91 Å². The lowest BCUT2D eigenvalue weighted by Gasteiger charge is -2.03. The Morgan fingerprint density at radius 3 is 2.39 bits per heavy atom. The molecular formula is C22H19N3O5S. The van der Waals surface area contributed by atoms with E-state index in [4.69, 9.17) is 4.74 Å². The van der Waals surface area contributed by atoms with Crippen LogP contribution in [0.25, 0.3) is 12.2 Å². The lowest BCUT2D eigenvalue weighted by Crippen LogP contribution is -2.04. The van der Waals surface area contributed by atoms with E-state index in [1.807, 2.05) is 12.1 Å². The molecule has 3 rings (SSSR count). The molecule has 158 valence electrons. The number of thiazole rings is 1. The van der Waals surface area contributed by atoms with Crippen molar-refractivity contribution in [3.05, 3.63) is 85.9 Å². The minimum absolute atomic E-state index is 0.0230. The fourth-order valence-corrected chi connectivity index (χ4v) is 3.80. The number of nitrogens with one attached hydrogen (secondary N) is 1. The van der Waals surface area contributed by atoms with Gasteiger partial charge < -0.3 is 10.1 Å². The molecule has 0 aliphatic carbocycles. The molecule has 8 nitrogen and oxygen atoms in total. The quantitative estimate of drug-likeness (QED) is 0.330. The minimum atomic E-state index is -0.447. The molecule has 1 N–H and O–H groups in total. The molecule has 1 aromatic heterocycles. The van der Waals surface area contributed by atoms with Crippen LogP contribution in [0, 0.1) is 10.1 Å². The van der Waals surface area contributed by atoms with Gasteiger partial charge in [-0.25, -0.2) is 9.78 Å². The Balaban J connectivity index is 1.85. The van der Waals surface area contributed by atoms with E-state index in [1.54, 1.807) is 36.4 Å². The number of carbonyl (C=O) groups excluding carboxylic acids is 2. The second-order valence-corrected chi connectivity index (χ2v) is 7.64. The number of rotatable bonds is 7. The van der Waals surface area contributed by atoms with Crippen molar-refractivity contribution in [2.75, 3.05) is 12.4 Å². The summed E-state index contributed by atoms with van der Waals surface area (Å²) in [4.78, 5) is 38.8. The van der Waals surface area contributed by atoms with E-state index in [1.165, 1.54) is 37.5 Å². The largest absolute Gasteiger partial charge is 0.465 e. The molecule has 0 spiro atoms. The van der Waals surface area contributed by atoms with Gasteiger partial charge >= 0.3 is 5.97 Å². The average Bonchev–Trinajstić information content (AvgIpc) is 3.12. The fraction of sp³-hybridized carbons (Fsp3) is 0.136. The van der Waals surface area contributed by atoms with Crippen molar-refractivity contribution >= 4 is 46.2 Å². The van der Waals surface area contributed by atoms with Gasteiger partial charge in [-0.1, -0.05) is 18.2 Å². The van der Waals surface area contributed by atoms with Gasteiger partial charge in [-0.3, -0.25) is 14.9 Å². The van der Waals surface area contributed by atoms with E-state index in [0.29, 0.717) is 22.8 Å². The Morgan fingerprint density at radius 1 is 1.13 bits per heavy atom. The molecule has 3 aromatic rings. The topological polar surface area (TPSA) is 111 Å². The van der Waals surface area contributed by atoms with Crippen LogP contribution in [0.2, 0.25) is 0 Å². The number of anilines is 1. The third-order valence-electron chi connectivity index (χ3n) is 4.29. The Hall–Kier alpha value is -3.85. The maximum absolute atomic E-state index is 11.6. The predicted octanol–water partition coefficient (Wildman–Crippen LogP) is 4.56. The summed E-state index contributed by atoms with van der Waals surface area (Å²) in [6.07, 6.45) is 4.17. The highest BCUT2D eigenvalue weighted by Gasteiger charge is 2.12. The third kappa shape index (κ3) is 5.83. The predicted molar refractivity (Wildman–Crippen MR) is 119 cm³/mol. The number of hydrogen-bond acceptors (Lipinski definition) is 7. The summed E-state index contributed by atoms with van der Waals surface area (Å²) >= 11 is 1.36. The molecule has 0 saturated carbocycles. The molecule has 0 unspecified atom stereocenters. The van der Waals surface area contributed by atoms with E-state index in [-0.39, 0.29) is 11.6 Å². The number of nitro benzene ring substituents is 1. The Bertz CT molecular complexity index is 1130. The maximum atomic E-state index is 11.6. The van der Waals surface area contributed by atoms with Gasteiger partial charge in [-0.2, -0.15) is 0 Å². The van der Waals surface area contributed by atoms with Crippen LogP contribution in [0.4, 0.5) is 10.8 Å². The monoisotopic (exact) mass is 437 g/mol. The van der Waals surface area contributed by atoms with Crippen LogP contribution in [-0.4, -0.2) is 28.9 Å². The molecule has 0 radical (unpaired) electrons. The number of carbonyl (C=O) groups is 2. The van der Waals surface area contributed by atoms with Crippen molar-refractivity contribution in [2.24, 2.45) is 0 Å². The number of nitro groups is 1. The fourth-order valence-electron chi connectivity index (χ4n) is 2.77. The molecule has 0 aliphatic rings. The third-order valence-corrected chi connectivity index (χ3v) is 5.27. The zero-order valence-corrected chi connectivity index (χ0v) is 17.6. The van der Waals surface area contributed by atoms with Gasteiger partial charge in [0.1, 0.15) is 0 Å². The first-order valence-electron chi connectivity index (χ1n) is 9.23. The van der Waals surface area contributed by atoms with Gasteiger partial charge in [-0.15, -0.1) is 11.3 Å². The zero-order valence-electron chi connectivity index (χ0n) is 16.8. The number of non-ortho nitro benzene ring substituents is 1. The number of esters is 1. The van der Waals surface area contributed by atoms with Crippen molar-refractivity contribution in [3.63, 3.8) is 0 Å². The standard InChI is InChI=1S/C22H19N3O5S/c1-14(26)23-22-24-19(12-7-15-5-10-18(11-6-15)25(28)29)20(31-22)13-16-3-8-17(9-4-16)21(27)30-2/h3-12H,13H2,1-2H3,(H,23,24,26). The molecule has 0 bridgehead atoms. The van der Waals surface area contributed by atoms with Crippen LogP contribution in [-0.2, 0) is 16.0 Å². The molecule has 0 fully saturated rings. The number of ether oxygens (including phenoxy) is 1. The molecular weight excluding hydrogens is 418 g/mol. The summed E-state index contributed by atoms with van der Waals surface area (Å²) in [5.74, 6) is -0.613. The van der Waals surface area contributed by atoms with Gasteiger partial charge in [0.05, 0.1) is 23.3 Å². The number of aromatic nitrogens is 1. The van der Waals surface area contributed by atoms with E-state index >= 15 is 0 Å². The number of benzene rings is 2. The zero-order chi connectivity index (χ0) is 22.4. The van der Waals surface area contributed by atoms with Crippen molar-refractivity contribution in [1.29, 1.82) is 0 Å². The minimum Gasteiger partial charge on any atom is -0.465 e. The van der Waals surface area contributed by atoms with Crippen molar-refractivity contribution in [3.8, 4) is 0 Å². The molecule has 0 aliphatic heterocycles. The highest BCUT2D eigenvalue weighted by atomic mass is 32.1. The second-order valence-electron chi connectivity index (χ2n) is 6.56. The molecule has 9 heteroatoms. The van der Waals surface area contributed by atoms with Crippen molar-refractivity contribution < 1.29 is 19.2 Å². The lowest BCUT2D eigenvalue weighted by molar-refractivity contribution is -0.384. The Morgan fingerprint density at radius 2 is 1.81 bits per heavy atom. The first-order valence-corrected chi connectivity index (χ1v) is 10.0. The smallest absolute Gasteiger partial charge is 0.337 e. The molecule has 0 saturated heterocycles. The summed E-state index contributed by atoms with van der Waals surface area (Å²) in [5, 5.41) is 14.0. The van der Waals surface area contributed by atoms with E-state index in [2.05, 4.69) is 10.3 Å². The number of methoxy groups -OCH3 is 1. The normalized spacial score (nSPS) is 10.8. The van der Waals surface area contributed by atoms with E-state index < -0.39 is 10.9 Å². The Kier molecular flexibility index (Phi) is 6.88. The van der Waals surface area contributed by atoms with Crippen LogP contribution in [0.3, 0.4) is 0 Å². The summed E-state index contributed by atoms with van der Waals surface area (Å²) in [6, 6.07) is 13.3. The highest BCUT2D eigenvalue weighted by molar-refractivity contribution is 7.16. The van der Waals surface area contributed by atoms with Crippen LogP contribution >= 0.6 is 11.3 Å². The van der Waals surface area contributed by atoms with E-state index in [9.17, 15) is 19.7 Å². The molecule has 2 aromatic carbocycles. The summed E-state index contributed by atoms with van der Waals surface area (Å²) in [5.41, 5.74) is 2.93. The summed E-state index contributed by atoms with van der Waals surface area (Å²) in [7, 11) is 1.33. The molecule has 31 heavy (non-hydrogen) atoms. The number of nitrogens with zero attached hydrogens (tertiary/aromatic N) is 2. The van der Waals surface area contributed by atoms with Crippen molar-refractivity contribution in [1.82, 2.24) is 4.98 Å². The van der Waals surface area contributed by atoms with Crippen LogP contribution < -0.4 is 5.32 Å². The lowest BCUT2D eigenvalue weighted by atomic mass is 10.1. The Labute approximate surface area is 182 Å². The first-order chi connectivity index (χ1) is 14.9. The average molecular weight is 437 g/mol. The van der Waals surface area contributed by atoms with Crippen LogP contribution in [0.1, 0.15) is 39.0 Å². The number of amides is 1. The van der Waals surface area contributed by atoms with Gasteiger partial charge in [-0.05, 0) is 41.5 Å². The van der Waals surface area contributed by atoms with Crippen molar-refractivity contribution in [2.45, 2.75) is 13.3 Å². The van der Waals surface area contributed by atoms with Gasteiger partial charge in [0.25, 0.3) is 5.69 Å². The van der Waals surface area contributed by atoms with E-state index in [0.717, 1.165) is 16.0 Å². The van der Waals surface area contributed by atoms with Crippen LogP contribution in [0.5, 0.6) is 0 Å². The first kappa shape index (κ1) is 21.8. The van der Waals surface area contributed by atoms with Crippen LogP contribution in [0.15, 0.2) is 48.5 Å². The second kappa shape index (κ2) is 9.77. The summed E-state index contributed by atoms with van der Waals surface area (Å²) < 4.78 is 4.71. The van der Waals surface area contributed by atoms with Gasteiger partial charge in [0, 0.05) is 30.4 Å². The summed E-state index contributed by atoms with van der Waals surface area (Å²) in [6.45, 7) is 1.42. The maximum Gasteiger partial charge on any atom is 0.337 e. The SMILES string of the molecule is COC(=O)c1ccc(Cc2sc(NC(C)=O)nc2C=Cc2ccc([N+](=O)[O-])cc2)cc1. The molecule has 1 heterocycles. The molecule has 1 amide bonds. The molecule has 0 atom stereocenters. The van der Waals surface area contributed by atoms with Gasteiger partial charge in [0.15, 0.2) is 5.13 Å². The highest BCUT2D eigenvalue weighted by Crippen LogP contribution is 2.28.